The van der Waals surface area contributed by atoms with Gasteiger partial charge >= 0.3 is 0 Å². The zero-order valence-corrected chi connectivity index (χ0v) is 11.6. The number of nitrogens with one attached hydrogen (secondary N) is 1. The normalized spacial score (nSPS) is 24.3. The Balaban J connectivity index is 2.05. The first-order valence-corrected chi connectivity index (χ1v) is 6.53. The highest BCUT2D eigenvalue weighted by Crippen LogP contribution is 2.10. The first kappa shape index (κ1) is 13.1. The quantitative estimate of drug-likeness (QED) is 0.841. The molecule has 0 bridgehead atoms. The molecule has 1 aliphatic heterocycles. The van der Waals surface area contributed by atoms with Crippen molar-refractivity contribution < 1.29 is 4.79 Å². The molecule has 1 saturated heterocycles. The molecule has 0 aromatic carbocycles. The minimum absolute atomic E-state index is 0.155. The lowest BCUT2D eigenvalue weighted by molar-refractivity contribution is -0.135. The van der Waals surface area contributed by atoms with Crippen LogP contribution in [-0.2, 0) is 11.3 Å². The number of piperazine rings is 1. The molecule has 0 radical (unpaired) electrons. The molecule has 1 amide bonds. The van der Waals surface area contributed by atoms with Crippen molar-refractivity contribution >= 4 is 5.91 Å². The highest BCUT2D eigenvalue weighted by molar-refractivity contribution is 5.76. The summed E-state index contributed by atoms with van der Waals surface area (Å²) >= 11 is 0. The van der Waals surface area contributed by atoms with Gasteiger partial charge in [-0.3, -0.25) is 9.48 Å². The average Bonchev–Trinajstić information content (AvgIpc) is 2.61. The number of rotatable bonds is 2. The molecule has 0 spiro atoms. The summed E-state index contributed by atoms with van der Waals surface area (Å²) in [7, 11) is 0. The molecule has 2 atom stereocenters. The van der Waals surface area contributed by atoms with Crippen LogP contribution in [0.1, 0.15) is 25.2 Å². The number of aromatic nitrogens is 2. The smallest absolute Gasteiger partial charge is 0.244 e. The first-order valence-electron chi connectivity index (χ1n) is 6.53. The maximum absolute atomic E-state index is 12.3. The highest BCUT2D eigenvalue weighted by atomic mass is 16.2. The zero-order valence-electron chi connectivity index (χ0n) is 11.6. The lowest BCUT2D eigenvalue weighted by atomic mass is 10.1. The molecule has 2 heterocycles. The van der Waals surface area contributed by atoms with Crippen LogP contribution in [0, 0.1) is 13.8 Å². The standard InChI is InChI=1S/C13H22N4O/c1-9-7-10(2)17(15-9)8-13(18)16-6-5-14-11(3)12(16)4/h7,11-12,14H,5-6,8H2,1-4H3. The Bertz CT molecular complexity index is 440. The second-order valence-electron chi connectivity index (χ2n) is 5.16. The fraction of sp³-hybridized carbons (Fsp3) is 0.692. The van der Waals surface area contributed by atoms with E-state index < -0.39 is 0 Å². The van der Waals surface area contributed by atoms with Crippen LogP contribution in [0.15, 0.2) is 6.07 Å². The van der Waals surface area contributed by atoms with Crippen molar-refractivity contribution in [2.45, 2.75) is 46.3 Å². The fourth-order valence-electron chi connectivity index (χ4n) is 2.46. The van der Waals surface area contributed by atoms with Gasteiger partial charge in [0.25, 0.3) is 0 Å². The van der Waals surface area contributed by atoms with E-state index >= 15 is 0 Å². The second kappa shape index (κ2) is 5.10. The van der Waals surface area contributed by atoms with Gasteiger partial charge in [-0.15, -0.1) is 0 Å². The Morgan fingerprint density at radius 2 is 2.22 bits per heavy atom. The van der Waals surface area contributed by atoms with Crippen molar-refractivity contribution in [3.05, 3.63) is 17.5 Å². The topological polar surface area (TPSA) is 50.2 Å². The highest BCUT2D eigenvalue weighted by Gasteiger charge is 2.28. The maximum Gasteiger partial charge on any atom is 0.244 e. The van der Waals surface area contributed by atoms with E-state index in [1.165, 1.54) is 0 Å². The predicted molar refractivity (Wildman–Crippen MR) is 70.3 cm³/mol. The minimum Gasteiger partial charge on any atom is -0.336 e. The molecule has 0 aliphatic carbocycles. The molecule has 1 aromatic rings. The molecule has 1 aliphatic rings. The molecule has 0 saturated carbocycles. The first-order chi connectivity index (χ1) is 8.49. The largest absolute Gasteiger partial charge is 0.336 e. The third-order valence-electron chi connectivity index (χ3n) is 3.74. The number of aryl methyl sites for hydroxylation is 2. The molecular weight excluding hydrogens is 228 g/mol. The Morgan fingerprint density at radius 3 is 2.83 bits per heavy atom. The molecular formula is C13H22N4O. The van der Waals surface area contributed by atoms with E-state index in [1.54, 1.807) is 4.68 Å². The molecule has 1 fully saturated rings. The summed E-state index contributed by atoms with van der Waals surface area (Å²) in [5.41, 5.74) is 2.00. The van der Waals surface area contributed by atoms with Crippen LogP contribution in [0.3, 0.4) is 0 Å². The van der Waals surface area contributed by atoms with E-state index in [9.17, 15) is 4.79 Å². The van der Waals surface area contributed by atoms with Gasteiger partial charge in [0.1, 0.15) is 6.54 Å². The molecule has 2 rings (SSSR count). The van der Waals surface area contributed by atoms with Crippen molar-refractivity contribution in [3.8, 4) is 0 Å². The van der Waals surface area contributed by atoms with Crippen LogP contribution < -0.4 is 5.32 Å². The maximum atomic E-state index is 12.3. The van der Waals surface area contributed by atoms with E-state index in [4.69, 9.17) is 0 Å². The molecule has 18 heavy (non-hydrogen) atoms. The molecule has 5 heteroatoms. The van der Waals surface area contributed by atoms with Gasteiger partial charge in [-0.2, -0.15) is 5.10 Å². The Morgan fingerprint density at radius 1 is 1.50 bits per heavy atom. The molecule has 1 N–H and O–H groups in total. The van der Waals surface area contributed by atoms with Gasteiger partial charge in [0.05, 0.1) is 5.69 Å². The molecule has 2 unspecified atom stereocenters. The number of nitrogens with zero attached hydrogens (tertiary/aromatic N) is 3. The lowest BCUT2D eigenvalue weighted by Crippen LogP contribution is -2.57. The number of hydrogen-bond donors (Lipinski definition) is 1. The van der Waals surface area contributed by atoms with Crippen LogP contribution in [0.5, 0.6) is 0 Å². The van der Waals surface area contributed by atoms with Crippen LogP contribution in [0.25, 0.3) is 0 Å². The summed E-state index contributed by atoms with van der Waals surface area (Å²) in [6.07, 6.45) is 0. The van der Waals surface area contributed by atoms with Crippen molar-refractivity contribution in [2.24, 2.45) is 0 Å². The summed E-state index contributed by atoms with van der Waals surface area (Å²) in [6.45, 7) is 10.1. The zero-order chi connectivity index (χ0) is 13.3. The van der Waals surface area contributed by atoms with E-state index in [1.807, 2.05) is 24.8 Å². The number of carbonyl (C=O) groups excluding carboxylic acids is 1. The van der Waals surface area contributed by atoms with Crippen molar-refractivity contribution in [1.29, 1.82) is 0 Å². The van der Waals surface area contributed by atoms with E-state index in [-0.39, 0.29) is 11.9 Å². The lowest BCUT2D eigenvalue weighted by Gasteiger charge is -2.38. The fourth-order valence-corrected chi connectivity index (χ4v) is 2.46. The van der Waals surface area contributed by atoms with Gasteiger partial charge in [-0.05, 0) is 33.8 Å². The molecule has 100 valence electrons. The number of amides is 1. The Labute approximate surface area is 108 Å². The summed E-state index contributed by atoms with van der Waals surface area (Å²) < 4.78 is 1.79. The van der Waals surface area contributed by atoms with Crippen molar-refractivity contribution in [2.75, 3.05) is 13.1 Å². The van der Waals surface area contributed by atoms with Crippen LogP contribution in [-0.4, -0.2) is 45.8 Å². The van der Waals surface area contributed by atoms with Crippen molar-refractivity contribution in [1.82, 2.24) is 20.0 Å². The molecule has 1 aromatic heterocycles. The van der Waals surface area contributed by atoms with Crippen LogP contribution in [0.2, 0.25) is 0 Å². The Kier molecular flexibility index (Phi) is 3.71. The van der Waals surface area contributed by atoms with Gasteiger partial charge in [-0.25, -0.2) is 0 Å². The van der Waals surface area contributed by atoms with Gasteiger partial charge in [0, 0.05) is 30.9 Å². The van der Waals surface area contributed by atoms with Gasteiger partial charge in [0.15, 0.2) is 0 Å². The summed E-state index contributed by atoms with van der Waals surface area (Å²) in [5.74, 6) is 0.155. The Hall–Kier alpha value is -1.36. The average molecular weight is 250 g/mol. The van der Waals surface area contributed by atoms with E-state index in [0.29, 0.717) is 12.6 Å². The predicted octanol–water partition coefficient (Wildman–Crippen LogP) is 0.709. The summed E-state index contributed by atoms with van der Waals surface area (Å²) in [6, 6.07) is 2.59. The third-order valence-corrected chi connectivity index (χ3v) is 3.74. The molecule has 5 nitrogen and oxygen atoms in total. The van der Waals surface area contributed by atoms with Gasteiger partial charge in [0.2, 0.25) is 5.91 Å². The minimum atomic E-state index is 0.155. The van der Waals surface area contributed by atoms with Gasteiger partial charge in [-0.1, -0.05) is 0 Å². The second-order valence-corrected chi connectivity index (χ2v) is 5.16. The third kappa shape index (κ3) is 2.56. The summed E-state index contributed by atoms with van der Waals surface area (Å²) in [4.78, 5) is 14.3. The number of carbonyl (C=O) groups is 1. The van der Waals surface area contributed by atoms with E-state index in [0.717, 1.165) is 24.5 Å². The monoisotopic (exact) mass is 250 g/mol. The van der Waals surface area contributed by atoms with Crippen molar-refractivity contribution in [3.63, 3.8) is 0 Å². The SMILES string of the molecule is Cc1cc(C)n(CC(=O)N2CCNC(C)C2C)n1. The van der Waals surface area contributed by atoms with Crippen LogP contribution in [0.4, 0.5) is 0 Å². The number of hydrogen-bond acceptors (Lipinski definition) is 3. The van der Waals surface area contributed by atoms with Gasteiger partial charge < -0.3 is 10.2 Å². The van der Waals surface area contributed by atoms with E-state index in [2.05, 4.69) is 24.3 Å². The van der Waals surface area contributed by atoms with Crippen LogP contribution >= 0.6 is 0 Å². The summed E-state index contributed by atoms with van der Waals surface area (Å²) in [5, 5.41) is 7.72.